The highest BCUT2D eigenvalue weighted by molar-refractivity contribution is 7.19. The van der Waals surface area contributed by atoms with Crippen LogP contribution in [-0.4, -0.2) is 33.8 Å². The number of amides is 1. The summed E-state index contributed by atoms with van der Waals surface area (Å²) in [5, 5.41) is 7.24. The van der Waals surface area contributed by atoms with Crippen LogP contribution in [0.25, 0.3) is 16.1 Å². The summed E-state index contributed by atoms with van der Waals surface area (Å²) >= 11 is 1.10. The fourth-order valence-electron chi connectivity index (χ4n) is 3.03. The van der Waals surface area contributed by atoms with Crippen molar-refractivity contribution in [3.63, 3.8) is 0 Å². The lowest BCUT2D eigenvalue weighted by Crippen LogP contribution is -2.13. The highest BCUT2D eigenvalue weighted by Crippen LogP contribution is 2.34. The first-order valence-electron chi connectivity index (χ1n) is 9.24. The molecule has 2 heterocycles. The van der Waals surface area contributed by atoms with Crippen LogP contribution in [0, 0.1) is 12.7 Å². The maximum atomic E-state index is 13.3. The van der Waals surface area contributed by atoms with Gasteiger partial charge in [0.1, 0.15) is 5.82 Å². The quantitative estimate of drug-likeness (QED) is 0.466. The van der Waals surface area contributed by atoms with Crippen molar-refractivity contribution in [2.24, 2.45) is 0 Å². The van der Waals surface area contributed by atoms with Crippen LogP contribution in [0.2, 0.25) is 0 Å². The van der Waals surface area contributed by atoms with Crippen LogP contribution in [0.15, 0.2) is 60.8 Å². The number of anilines is 1. The second-order valence-electron chi connectivity index (χ2n) is 6.54. The lowest BCUT2D eigenvalue weighted by atomic mass is 10.1. The molecular weight excluding hydrogens is 419 g/mol. The first kappa shape index (κ1) is 20.4. The van der Waals surface area contributed by atoms with Crippen molar-refractivity contribution in [3.8, 4) is 16.1 Å². The number of carbonyl (C=O) groups is 2. The molecule has 1 amide bonds. The number of hydrogen-bond donors (Lipinski definition) is 1. The van der Waals surface area contributed by atoms with Crippen LogP contribution in [0.4, 0.5) is 9.52 Å². The molecule has 4 rings (SSSR count). The minimum Gasteiger partial charge on any atom is -0.464 e. The lowest BCUT2D eigenvalue weighted by molar-refractivity contribution is 0.0595. The Morgan fingerprint density at radius 3 is 2.48 bits per heavy atom. The molecule has 7 nitrogen and oxygen atoms in total. The lowest BCUT2D eigenvalue weighted by Gasteiger charge is -2.05. The van der Waals surface area contributed by atoms with E-state index in [-0.39, 0.29) is 10.8 Å². The number of carbonyl (C=O) groups excluding carboxylic acids is 2. The summed E-state index contributed by atoms with van der Waals surface area (Å²) in [7, 11) is 1.25. The summed E-state index contributed by atoms with van der Waals surface area (Å²) in [5.41, 5.74) is 2.51. The normalized spacial score (nSPS) is 10.7. The Labute approximate surface area is 181 Å². The van der Waals surface area contributed by atoms with Gasteiger partial charge in [0.05, 0.1) is 35.1 Å². The maximum Gasteiger partial charge on any atom is 0.358 e. The molecule has 0 aliphatic carbocycles. The molecule has 0 radical (unpaired) electrons. The molecule has 9 heteroatoms. The summed E-state index contributed by atoms with van der Waals surface area (Å²) in [6, 6.07) is 15.1. The molecule has 0 atom stereocenters. The Balaban J connectivity index is 1.64. The van der Waals surface area contributed by atoms with Gasteiger partial charge in [-0.3, -0.25) is 10.1 Å². The number of para-hydroxylation sites is 1. The molecule has 2 aromatic heterocycles. The zero-order valence-corrected chi connectivity index (χ0v) is 17.4. The van der Waals surface area contributed by atoms with E-state index in [1.54, 1.807) is 11.6 Å². The fraction of sp³-hybridized carbons (Fsp3) is 0.0909. The maximum absolute atomic E-state index is 13.3. The van der Waals surface area contributed by atoms with Crippen molar-refractivity contribution < 1.29 is 18.7 Å². The molecule has 0 aliphatic rings. The van der Waals surface area contributed by atoms with Gasteiger partial charge in [0.25, 0.3) is 5.91 Å². The van der Waals surface area contributed by atoms with Gasteiger partial charge < -0.3 is 4.74 Å². The second kappa shape index (κ2) is 8.49. The molecule has 2 aromatic carbocycles. The van der Waals surface area contributed by atoms with Crippen LogP contribution >= 0.6 is 11.3 Å². The Morgan fingerprint density at radius 2 is 1.81 bits per heavy atom. The summed E-state index contributed by atoms with van der Waals surface area (Å²) < 4.78 is 19.8. The van der Waals surface area contributed by atoms with Crippen molar-refractivity contribution in [1.82, 2.24) is 14.8 Å². The third-order valence-electron chi connectivity index (χ3n) is 4.59. The molecule has 0 unspecified atom stereocenters. The molecule has 0 saturated carbocycles. The van der Waals surface area contributed by atoms with Crippen molar-refractivity contribution in [1.29, 1.82) is 0 Å². The van der Waals surface area contributed by atoms with E-state index in [1.165, 1.54) is 37.6 Å². The van der Waals surface area contributed by atoms with Gasteiger partial charge in [-0.15, -0.1) is 0 Å². The monoisotopic (exact) mass is 436 g/mol. The summed E-state index contributed by atoms with van der Waals surface area (Å²) in [6.07, 6.45) is 1.48. The largest absolute Gasteiger partial charge is 0.464 e. The standard InChI is InChI=1S/C22H17FN4O3S/c1-13-17(12-24-27(13)16-6-4-3-5-7-16)20(28)26-22-25-18(21(29)30-2)19(31-22)14-8-10-15(23)11-9-14/h3-12H,1-2H3,(H,25,26,28). The molecule has 0 aliphatic heterocycles. The number of thiazole rings is 1. The smallest absolute Gasteiger partial charge is 0.358 e. The number of nitrogens with zero attached hydrogens (tertiary/aromatic N) is 3. The summed E-state index contributed by atoms with van der Waals surface area (Å²) in [6.45, 7) is 1.79. The molecule has 31 heavy (non-hydrogen) atoms. The zero-order valence-electron chi connectivity index (χ0n) is 16.6. The number of rotatable bonds is 5. The molecule has 0 fully saturated rings. The molecule has 4 aromatic rings. The van der Waals surface area contributed by atoms with E-state index in [9.17, 15) is 14.0 Å². The van der Waals surface area contributed by atoms with Crippen molar-refractivity contribution in [2.75, 3.05) is 12.4 Å². The SMILES string of the molecule is COC(=O)c1nc(NC(=O)c2cnn(-c3ccccc3)c2C)sc1-c1ccc(F)cc1. The molecule has 1 N–H and O–H groups in total. The highest BCUT2D eigenvalue weighted by Gasteiger charge is 2.23. The number of aromatic nitrogens is 3. The van der Waals surface area contributed by atoms with Gasteiger partial charge in [0.15, 0.2) is 10.8 Å². The Morgan fingerprint density at radius 1 is 1.10 bits per heavy atom. The fourth-order valence-corrected chi connectivity index (χ4v) is 3.99. The molecule has 0 saturated heterocycles. The van der Waals surface area contributed by atoms with E-state index in [0.717, 1.165) is 17.0 Å². The number of benzene rings is 2. The van der Waals surface area contributed by atoms with Gasteiger partial charge in [-0.2, -0.15) is 5.10 Å². The predicted molar refractivity (Wildman–Crippen MR) is 115 cm³/mol. The topological polar surface area (TPSA) is 86.1 Å². The molecular formula is C22H17FN4O3S. The molecule has 156 valence electrons. The third kappa shape index (κ3) is 4.08. The highest BCUT2D eigenvalue weighted by atomic mass is 32.1. The van der Waals surface area contributed by atoms with Crippen molar-refractivity contribution in [3.05, 3.63) is 83.6 Å². The van der Waals surface area contributed by atoms with Crippen molar-refractivity contribution >= 4 is 28.3 Å². The Kier molecular flexibility index (Phi) is 5.59. The van der Waals surface area contributed by atoms with Gasteiger partial charge >= 0.3 is 5.97 Å². The van der Waals surface area contributed by atoms with Gasteiger partial charge in [0, 0.05) is 0 Å². The van der Waals surface area contributed by atoms with Gasteiger partial charge in [-0.25, -0.2) is 18.9 Å². The number of ether oxygens (including phenoxy) is 1. The van der Waals surface area contributed by atoms with Crippen LogP contribution in [-0.2, 0) is 4.74 Å². The average Bonchev–Trinajstić information content (AvgIpc) is 3.38. The van der Waals surface area contributed by atoms with Gasteiger partial charge in [-0.05, 0) is 36.8 Å². The summed E-state index contributed by atoms with van der Waals surface area (Å²) in [4.78, 5) is 29.7. The minimum absolute atomic E-state index is 0.0473. The van der Waals surface area contributed by atoms with Crippen LogP contribution in [0.3, 0.4) is 0 Å². The number of halogens is 1. The van der Waals surface area contributed by atoms with Gasteiger partial charge in [0.2, 0.25) is 0 Å². The molecule has 0 bridgehead atoms. The number of nitrogens with one attached hydrogen (secondary N) is 1. The summed E-state index contributed by atoms with van der Waals surface area (Å²) in [5.74, 6) is -1.45. The van der Waals surface area contributed by atoms with Crippen LogP contribution < -0.4 is 5.32 Å². The Hall–Kier alpha value is -3.85. The van der Waals surface area contributed by atoms with E-state index in [2.05, 4.69) is 15.4 Å². The van der Waals surface area contributed by atoms with Crippen LogP contribution in [0.1, 0.15) is 26.5 Å². The number of esters is 1. The van der Waals surface area contributed by atoms with E-state index >= 15 is 0 Å². The Bertz CT molecular complexity index is 1250. The average molecular weight is 436 g/mol. The van der Waals surface area contributed by atoms with E-state index < -0.39 is 17.7 Å². The zero-order chi connectivity index (χ0) is 22.0. The van der Waals surface area contributed by atoms with E-state index in [0.29, 0.717) is 21.7 Å². The predicted octanol–water partition coefficient (Wildman–Crippen LogP) is 4.48. The van der Waals surface area contributed by atoms with Crippen LogP contribution in [0.5, 0.6) is 0 Å². The van der Waals surface area contributed by atoms with E-state index in [4.69, 9.17) is 4.74 Å². The minimum atomic E-state index is -0.649. The third-order valence-corrected chi connectivity index (χ3v) is 5.61. The number of hydrogen-bond acceptors (Lipinski definition) is 6. The van der Waals surface area contributed by atoms with Gasteiger partial charge in [-0.1, -0.05) is 41.7 Å². The second-order valence-corrected chi connectivity index (χ2v) is 7.54. The first-order valence-corrected chi connectivity index (χ1v) is 10.1. The number of methoxy groups -OCH3 is 1. The molecule has 0 spiro atoms. The first-order chi connectivity index (χ1) is 15.0. The van der Waals surface area contributed by atoms with E-state index in [1.807, 2.05) is 30.3 Å². The van der Waals surface area contributed by atoms with Crippen molar-refractivity contribution in [2.45, 2.75) is 6.92 Å².